The van der Waals surface area contributed by atoms with Crippen LogP contribution in [0.3, 0.4) is 0 Å². The monoisotopic (exact) mass is 263 g/mol. The van der Waals surface area contributed by atoms with Crippen LogP contribution in [0, 0.1) is 12.7 Å². The Morgan fingerprint density at radius 2 is 1.83 bits per heavy atom. The summed E-state index contributed by atoms with van der Waals surface area (Å²) in [6.07, 6.45) is 3.45. The van der Waals surface area contributed by atoms with E-state index in [4.69, 9.17) is 11.6 Å². The predicted octanol–water partition coefficient (Wildman–Crippen LogP) is 4.61. The van der Waals surface area contributed by atoms with Gasteiger partial charge in [-0.3, -0.25) is 4.98 Å². The Hall–Kier alpha value is -1.41. The highest BCUT2D eigenvalue weighted by Crippen LogP contribution is 2.37. The third-order valence-corrected chi connectivity index (χ3v) is 3.74. The fourth-order valence-electron chi connectivity index (χ4n) is 1.96. The van der Waals surface area contributed by atoms with Gasteiger partial charge >= 0.3 is 0 Å². The van der Waals surface area contributed by atoms with Gasteiger partial charge in [-0.2, -0.15) is 0 Å². The molecule has 1 heterocycles. The van der Waals surface area contributed by atoms with Crippen LogP contribution in [0.15, 0.2) is 42.7 Å². The third-order valence-electron chi connectivity index (χ3n) is 3.12. The van der Waals surface area contributed by atoms with E-state index in [9.17, 15) is 4.39 Å². The van der Waals surface area contributed by atoms with Crippen LogP contribution < -0.4 is 0 Å². The standard InChI is InChI=1S/C15H15ClFN/c1-10-3-4-13(14(17)9-10)15(16)11(2)12-5-7-18-8-6-12/h3-9,11,15H,1-2H3. The molecule has 18 heavy (non-hydrogen) atoms. The lowest BCUT2D eigenvalue weighted by atomic mass is 9.93. The van der Waals surface area contributed by atoms with Crippen molar-refractivity contribution in [1.29, 1.82) is 0 Å². The lowest BCUT2D eigenvalue weighted by Gasteiger charge is -2.19. The zero-order chi connectivity index (χ0) is 13.1. The molecule has 0 saturated heterocycles. The number of benzene rings is 1. The summed E-state index contributed by atoms with van der Waals surface area (Å²) in [5.74, 6) is -0.206. The molecule has 0 saturated carbocycles. The zero-order valence-electron chi connectivity index (χ0n) is 10.4. The minimum absolute atomic E-state index is 0.0341. The number of pyridine rings is 1. The Morgan fingerprint density at radius 1 is 1.17 bits per heavy atom. The van der Waals surface area contributed by atoms with Crippen LogP contribution in [-0.4, -0.2) is 4.98 Å². The zero-order valence-corrected chi connectivity index (χ0v) is 11.2. The second kappa shape index (κ2) is 5.49. The topological polar surface area (TPSA) is 12.9 Å². The molecule has 2 aromatic rings. The summed E-state index contributed by atoms with van der Waals surface area (Å²) in [5, 5.41) is -0.381. The molecule has 0 spiro atoms. The Kier molecular flexibility index (Phi) is 3.97. The van der Waals surface area contributed by atoms with Gasteiger partial charge in [-0.25, -0.2) is 4.39 Å². The highest BCUT2D eigenvalue weighted by molar-refractivity contribution is 6.21. The molecule has 2 atom stereocenters. The van der Waals surface area contributed by atoms with Crippen molar-refractivity contribution in [2.75, 3.05) is 0 Å². The number of halogens is 2. The SMILES string of the molecule is Cc1ccc(C(Cl)C(C)c2ccncc2)c(F)c1. The second-order valence-electron chi connectivity index (χ2n) is 4.50. The number of nitrogens with zero attached hydrogens (tertiary/aromatic N) is 1. The maximum atomic E-state index is 13.9. The number of rotatable bonds is 3. The summed E-state index contributed by atoms with van der Waals surface area (Å²) in [5.41, 5.74) is 2.51. The first-order chi connectivity index (χ1) is 8.59. The first-order valence-corrected chi connectivity index (χ1v) is 6.33. The number of hydrogen-bond donors (Lipinski definition) is 0. The van der Waals surface area contributed by atoms with E-state index in [1.165, 1.54) is 6.07 Å². The molecule has 0 radical (unpaired) electrons. The molecule has 94 valence electrons. The van der Waals surface area contributed by atoms with Crippen molar-refractivity contribution in [2.45, 2.75) is 25.1 Å². The molecule has 0 aliphatic heterocycles. The van der Waals surface area contributed by atoms with Crippen LogP contribution in [0.2, 0.25) is 0 Å². The van der Waals surface area contributed by atoms with E-state index < -0.39 is 0 Å². The van der Waals surface area contributed by atoms with Gasteiger partial charge in [0, 0.05) is 23.9 Å². The highest BCUT2D eigenvalue weighted by Gasteiger charge is 2.21. The molecule has 3 heteroatoms. The maximum absolute atomic E-state index is 13.9. The van der Waals surface area contributed by atoms with Crippen LogP contribution >= 0.6 is 11.6 Å². The predicted molar refractivity (Wildman–Crippen MR) is 72.4 cm³/mol. The van der Waals surface area contributed by atoms with E-state index in [-0.39, 0.29) is 17.1 Å². The third kappa shape index (κ3) is 2.70. The van der Waals surface area contributed by atoms with Gasteiger partial charge in [-0.05, 0) is 36.2 Å². The maximum Gasteiger partial charge on any atom is 0.128 e. The van der Waals surface area contributed by atoms with Crippen LogP contribution in [0.25, 0.3) is 0 Å². The Bertz CT molecular complexity index is 527. The van der Waals surface area contributed by atoms with Gasteiger partial charge in [0.25, 0.3) is 0 Å². The highest BCUT2D eigenvalue weighted by atomic mass is 35.5. The molecule has 0 aliphatic rings. The number of hydrogen-bond acceptors (Lipinski definition) is 1. The van der Waals surface area contributed by atoms with Gasteiger partial charge in [0.05, 0.1) is 5.38 Å². The van der Waals surface area contributed by atoms with Crippen molar-refractivity contribution in [3.63, 3.8) is 0 Å². The average molecular weight is 264 g/mol. The molecule has 1 nitrogen and oxygen atoms in total. The van der Waals surface area contributed by atoms with Gasteiger partial charge in [-0.1, -0.05) is 19.1 Å². The number of alkyl halides is 1. The van der Waals surface area contributed by atoms with Crippen molar-refractivity contribution in [3.05, 3.63) is 65.2 Å². The van der Waals surface area contributed by atoms with E-state index in [1.807, 2.05) is 32.0 Å². The summed E-state index contributed by atoms with van der Waals surface area (Å²) < 4.78 is 13.9. The molecule has 2 rings (SSSR count). The summed E-state index contributed by atoms with van der Waals surface area (Å²) in [6, 6.07) is 8.98. The quantitative estimate of drug-likeness (QED) is 0.737. The smallest absolute Gasteiger partial charge is 0.128 e. The van der Waals surface area contributed by atoms with Gasteiger partial charge in [0.2, 0.25) is 0 Å². The van der Waals surface area contributed by atoms with E-state index >= 15 is 0 Å². The largest absolute Gasteiger partial charge is 0.265 e. The summed E-state index contributed by atoms with van der Waals surface area (Å²) in [7, 11) is 0. The molecule has 0 aliphatic carbocycles. The molecular weight excluding hydrogens is 249 g/mol. The Balaban J connectivity index is 2.28. The van der Waals surface area contributed by atoms with E-state index in [0.29, 0.717) is 5.56 Å². The summed E-state index contributed by atoms with van der Waals surface area (Å²) >= 11 is 6.39. The molecule has 1 aromatic carbocycles. The van der Waals surface area contributed by atoms with Gasteiger partial charge in [0.1, 0.15) is 5.82 Å². The van der Waals surface area contributed by atoms with Crippen LogP contribution in [0.4, 0.5) is 4.39 Å². The Morgan fingerprint density at radius 3 is 2.44 bits per heavy atom. The lowest BCUT2D eigenvalue weighted by Crippen LogP contribution is -2.05. The summed E-state index contributed by atoms with van der Waals surface area (Å²) in [4.78, 5) is 3.97. The molecule has 1 aromatic heterocycles. The Labute approximate surface area is 112 Å². The average Bonchev–Trinajstić information content (AvgIpc) is 2.38. The molecule has 0 fully saturated rings. The van der Waals surface area contributed by atoms with Crippen LogP contribution in [0.5, 0.6) is 0 Å². The van der Waals surface area contributed by atoms with Crippen molar-refractivity contribution in [3.8, 4) is 0 Å². The fraction of sp³-hybridized carbons (Fsp3) is 0.267. The van der Waals surface area contributed by atoms with Crippen LogP contribution in [-0.2, 0) is 0 Å². The molecule has 0 bridgehead atoms. The number of aromatic nitrogens is 1. The van der Waals surface area contributed by atoms with Crippen molar-refractivity contribution in [2.24, 2.45) is 0 Å². The normalized spacial score (nSPS) is 14.2. The second-order valence-corrected chi connectivity index (χ2v) is 4.97. The van der Waals surface area contributed by atoms with E-state index in [0.717, 1.165) is 11.1 Å². The van der Waals surface area contributed by atoms with Gasteiger partial charge < -0.3 is 0 Å². The minimum Gasteiger partial charge on any atom is -0.265 e. The molecule has 2 unspecified atom stereocenters. The van der Waals surface area contributed by atoms with Crippen molar-refractivity contribution < 1.29 is 4.39 Å². The molecule has 0 amide bonds. The number of aryl methyl sites for hydroxylation is 1. The fourth-order valence-corrected chi connectivity index (χ4v) is 2.28. The van der Waals surface area contributed by atoms with E-state index in [1.54, 1.807) is 18.5 Å². The van der Waals surface area contributed by atoms with Crippen molar-refractivity contribution >= 4 is 11.6 Å². The van der Waals surface area contributed by atoms with E-state index in [2.05, 4.69) is 4.98 Å². The lowest BCUT2D eigenvalue weighted by molar-refractivity contribution is 0.591. The minimum atomic E-state index is -0.381. The van der Waals surface area contributed by atoms with Crippen molar-refractivity contribution in [1.82, 2.24) is 4.98 Å². The first-order valence-electron chi connectivity index (χ1n) is 5.89. The molecule has 0 N–H and O–H groups in total. The van der Waals surface area contributed by atoms with Gasteiger partial charge in [-0.15, -0.1) is 11.6 Å². The first kappa shape index (κ1) is 13.0. The molecular formula is C15H15ClFN. The van der Waals surface area contributed by atoms with Crippen LogP contribution in [0.1, 0.15) is 34.9 Å². The van der Waals surface area contributed by atoms with Gasteiger partial charge in [0.15, 0.2) is 0 Å². The summed E-state index contributed by atoms with van der Waals surface area (Å²) in [6.45, 7) is 3.86.